The summed E-state index contributed by atoms with van der Waals surface area (Å²) in [6, 6.07) is 3.28. The first-order valence-electron chi connectivity index (χ1n) is 5.97. The molecule has 0 unspecified atom stereocenters. The Bertz CT molecular complexity index is 514. The molecule has 2 N–H and O–H groups in total. The molecule has 0 atom stereocenters. The molecule has 0 saturated heterocycles. The zero-order valence-corrected chi connectivity index (χ0v) is 10.1. The van der Waals surface area contributed by atoms with E-state index >= 15 is 0 Å². The van der Waals surface area contributed by atoms with Crippen LogP contribution in [0.1, 0.15) is 12.8 Å². The molecule has 0 bridgehead atoms. The van der Waals surface area contributed by atoms with E-state index in [1.165, 1.54) is 12.8 Å². The number of aromatic amines is 1. The standard InChI is InChI=1S/C12H17N5/c1-13-8-5-9(6-8)17(2)12-10-3-4-14-11(10)15-7-16-12/h3-4,7-9,13H,5-6H2,1-2H3,(H,14,15,16)/t8-,9+. The van der Waals surface area contributed by atoms with Crippen molar-refractivity contribution in [2.75, 3.05) is 19.0 Å². The van der Waals surface area contributed by atoms with Gasteiger partial charge >= 0.3 is 0 Å². The fraction of sp³-hybridized carbons (Fsp3) is 0.500. The summed E-state index contributed by atoms with van der Waals surface area (Å²) in [5, 5.41) is 4.40. The van der Waals surface area contributed by atoms with Crippen molar-refractivity contribution in [2.45, 2.75) is 24.9 Å². The van der Waals surface area contributed by atoms with E-state index in [0.29, 0.717) is 12.1 Å². The maximum atomic E-state index is 4.41. The summed E-state index contributed by atoms with van der Waals surface area (Å²) in [6.45, 7) is 0. The molecule has 90 valence electrons. The number of fused-ring (bicyclic) bond motifs is 1. The Labute approximate surface area is 100 Å². The normalized spacial score (nSPS) is 23.6. The Kier molecular flexibility index (Phi) is 2.48. The van der Waals surface area contributed by atoms with E-state index in [0.717, 1.165) is 16.9 Å². The summed E-state index contributed by atoms with van der Waals surface area (Å²) in [4.78, 5) is 14.0. The van der Waals surface area contributed by atoms with Crippen molar-refractivity contribution in [2.24, 2.45) is 0 Å². The molecule has 2 aromatic heterocycles. The zero-order valence-electron chi connectivity index (χ0n) is 10.1. The fourth-order valence-electron chi connectivity index (χ4n) is 2.45. The molecule has 3 rings (SSSR count). The van der Waals surface area contributed by atoms with Crippen LogP contribution >= 0.6 is 0 Å². The first-order valence-corrected chi connectivity index (χ1v) is 5.97. The largest absolute Gasteiger partial charge is 0.356 e. The highest BCUT2D eigenvalue weighted by molar-refractivity contribution is 5.87. The van der Waals surface area contributed by atoms with Gasteiger partial charge in [-0.25, -0.2) is 9.97 Å². The summed E-state index contributed by atoms with van der Waals surface area (Å²) in [6.07, 6.45) is 5.90. The molecule has 0 spiro atoms. The molecule has 1 saturated carbocycles. The summed E-state index contributed by atoms with van der Waals surface area (Å²) in [7, 11) is 4.14. The topological polar surface area (TPSA) is 56.8 Å². The Morgan fingerprint density at radius 3 is 3.00 bits per heavy atom. The molecule has 0 radical (unpaired) electrons. The molecular formula is C12H17N5. The Morgan fingerprint density at radius 2 is 2.24 bits per heavy atom. The molecule has 1 aliphatic rings. The van der Waals surface area contributed by atoms with E-state index in [-0.39, 0.29) is 0 Å². The third-order valence-electron chi connectivity index (χ3n) is 3.74. The Balaban J connectivity index is 1.86. The fourth-order valence-corrected chi connectivity index (χ4v) is 2.45. The predicted octanol–water partition coefficient (Wildman–Crippen LogP) is 1.14. The Hall–Kier alpha value is -1.62. The van der Waals surface area contributed by atoms with Crippen LogP contribution in [0.5, 0.6) is 0 Å². The van der Waals surface area contributed by atoms with E-state index in [9.17, 15) is 0 Å². The zero-order chi connectivity index (χ0) is 11.8. The van der Waals surface area contributed by atoms with E-state index in [4.69, 9.17) is 0 Å². The smallest absolute Gasteiger partial charge is 0.142 e. The molecule has 0 amide bonds. The third kappa shape index (κ3) is 1.67. The van der Waals surface area contributed by atoms with Gasteiger partial charge in [0.05, 0.1) is 5.39 Å². The molecule has 2 heterocycles. The quantitative estimate of drug-likeness (QED) is 0.832. The molecule has 2 aromatic rings. The summed E-state index contributed by atoms with van der Waals surface area (Å²) >= 11 is 0. The highest BCUT2D eigenvalue weighted by Crippen LogP contribution is 2.30. The second-order valence-electron chi connectivity index (χ2n) is 4.66. The number of rotatable bonds is 3. The van der Waals surface area contributed by atoms with Crippen LogP contribution in [0.2, 0.25) is 0 Å². The van der Waals surface area contributed by atoms with Crippen molar-refractivity contribution in [3.63, 3.8) is 0 Å². The van der Waals surface area contributed by atoms with Crippen LogP contribution in [-0.2, 0) is 0 Å². The van der Waals surface area contributed by atoms with Crippen molar-refractivity contribution in [3.8, 4) is 0 Å². The van der Waals surface area contributed by atoms with E-state index in [2.05, 4.69) is 32.2 Å². The lowest BCUT2D eigenvalue weighted by atomic mass is 9.86. The second kappa shape index (κ2) is 4.00. The maximum Gasteiger partial charge on any atom is 0.142 e. The molecule has 0 aliphatic heterocycles. The maximum absolute atomic E-state index is 4.41. The van der Waals surface area contributed by atoms with Gasteiger partial charge in [0.25, 0.3) is 0 Å². The molecule has 5 heteroatoms. The van der Waals surface area contributed by atoms with Crippen LogP contribution in [0, 0.1) is 0 Å². The number of H-pyrrole nitrogens is 1. The van der Waals surface area contributed by atoms with Gasteiger partial charge in [-0.05, 0) is 26.0 Å². The second-order valence-corrected chi connectivity index (χ2v) is 4.66. The predicted molar refractivity (Wildman–Crippen MR) is 68.2 cm³/mol. The monoisotopic (exact) mass is 231 g/mol. The number of hydrogen-bond acceptors (Lipinski definition) is 4. The van der Waals surface area contributed by atoms with Gasteiger partial charge in [-0.2, -0.15) is 0 Å². The highest BCUT2D eigenvalue weighted by atomic mass is 15.2. The molecule has 1 aliphatic carbocycles. The van der Waals surface area contributed by atoms with Crippen LogP contribution in [0.15, 0.2) is 18.6 Å². The third-order valence-corrected chi connectivity index (χ3v) is 3.74. The van der Waals surface area contributed by atoms with Crippen molar-refractivity contribution in [1.29, 1.82) is 0 Å². The number of hydrogen-bond donors (Lipinski definition) is 2. The molecule has 0 aromatic carbocycles. The number of nitrogens with one attached hydrogen (secondary N) is 2. The van der Waals surface area contributed by atoms with Gasteiger partial charge in [-0.1, -0.05) is 0 Å². The van der Waals surface area contributed by atoms with Gasteiger partial charge in [0, 0.05) is 25.3 Å². The molecule has 5 nitrogen and oxygen atoms in total. The van der Waals surface area contributed by atoms with Crippen LogP contribution in [0.3, 0.4) is 0 Å². The Morgan fingerprint density at radius 1 is 1.41 bits per heavy atom. The minimum absolute atomic E-state index is 0.584. The summed E-state index contributed by atoms with van der Waals surface area (Å²) in [5.41, 5.74) is 0.909. The van der Waals surface area contributed by atoms with Crippen LogP contribution < -0.4 is 10.2 Å². The van der Waals surface area contributed by atoms with Crippen LogP contribution in [0.25, 0.3) is 11.0 Å². The van der Waals surface area contributed by atoms with Crippen molar-refractivity contribution < 1.29 is 0 Å². The number of nitrogens with zero attached hydrogens (tertiary/aromatic N) is 3. The lowest BCUT2D eigenvalue weighted by Gasteiger charge is -2.41. The van der Waals surface area contributed by atoms with Crippen LogP contribution in [-0.4, -0.2) is 41.1 Å². The van der Waals surface area contributed by atoms with Gasteiger partial charge in [0.1, 0.15) is 17.8 Å². The first kappa shape index (κ1) is 10.5. The van der Waals surface area contributed by atoms with E-state index in [1.807, 2.05) is 19.3 Å². The average Bonchev–Trinajstić information content (AvgIpc) is 2.74. The van der Waals surface area contributed by atoms with Crippen molar-refractivity contribution in [3.05, 3.63) is 18.6 Å². The van der Waals surface area contributed by atoms with Gasteiger partial charge in [-0.3, -0.25) is 0 Å². The lowest BCUT2D eigenvalue weighted by molar-refractivity contribution is 0.299. The van der Waals surface area contributed by atoms with Crippen molar-refractivity contribution in [1.82, 2.24) is 20.3 Å². The van der Waals surface area contributed by atoms with E-state index in [1.54, 1.807) is 6.33 Å². The molecular weight excluding hydrogens is 214 g/mol. The SMILES string of the molecule is CN[C@H]1C[C@@H](N(C)c2ncnc3[nH]ccc23)C1. The summed E-state index contributed by atoms with van der Waals surface area (Å²) < 4.78 is 0. The highest BCUT2D eigenvalue weighted by Gasteiger charge is 2.32. The van der Waals surface area contributed by atoms with Gasteiger partial charge in [0.15, 0.2) is 0 Å². The van der Waals surface area contributed by atoms with Gasteiger partial charge < -0.3 is 15.2 Å². The average molecular weight is 231 g/mol. The van der Waals surface area contributed by atoms with Gasteiger partial charge in [-0.15, -0.1) is 0 Å². The van der Waals surface area contributed by atoms with Gasteiger partial charge in [0.2, 0.25) is 0 Å². The molecule has 1 fully saturated rings. The number of anilines is 1. The molecule has 17 heavy (non-hydrogen) atoms. The van der Waals surface area contributed by atoms with E-state index < -0.39 is 0 Å². The minimum atomic E-state index is 0.584. The van der Waals surface area contributed by atoms with Crippen molar-refractivity contribution >= 4 is 16.9 Å². The first-order chi connectivity index (χ1) is 8.29. The van der Waals surface area contributed by atoms with Crippen LogP contribution in [0.4, 0.5) is 5.82 Å². The lowest BCUT2D eigenvalue weighted by Crippen LogP contribution is -2.50. The minimum Gasteiger partial charge on any atom is -0.356 e. The number of aromatic nitrogens is 3. The summed E-state index contributed by atoms with van der Waals surface area (Å²) in [5.74, 6) is 1.02.